The number of aliphatic carboxylic acids is 1. The van der Waals surface area contributed by atoms with Gasteiger partial charge in [-0.05, 0) is 37.2 Å². The number of non-ortho nitro benzene ring substituents is 1. The van der Waals surface area contributed by atoms with Gasteiger partial charge in [0.15, 0.2) is 0 Å². The van der Waals surface area contributed by atoms with Gasteiger partial charge in [-0.15, -0.1) is 0 Å². The fourth-order valence-electron chi connectivity index (χ4n) is 2.81. The molecule has 0 saturated heterocycles. The van der Waals surface area contributed by atoms with Gasteiger partial charge in [0.1, 0.15) is 0 Å². The summed E-state index contributed by atoms with van der Waals surface area (Å²) in [6.07, 6.45) is 2.06. The lowest BCUT2D eigenvalue weighted by atomic mass is 9.75. The van der Waals surface area contributed by atoms with E-state index in [1.165, 1.54) is 12.1 Å². The molecule has 6 heteroatoms. The maximum atomic E-state index is 10.7. The Bertz CT molecular complexity index is 503. The molecule has 2 N–H and O–H groups in total. The molecule has 0 spiro atoms. The first-order valence-electron chi connectivity index (χ1n) is 6.58. The Labute approximate surface area is 116 Å². The van der Waals surface area contributed by atoms with E-state index >= 15 is 0 Å². The number of hydrogen-bond donors (Lipinski definition) is 2. The van der Waals surface area contributed by atoms with Crippen LogP contribution in [0.2, 0.25) is 0 Å². The molecule has 0 aromatic heterocycles. The van der Waals surface area contributed by atoms with Crippen molar-refractivity contribution in [3.63, 3.8) is 0 Å². The lowest BCUT2D eigenvalue weighted by Crippen LogP contribution is -2.35. The van der Waals surface area contributed by atoms with E-state index in [9.17, 15) is 20.0 Å². The lowest BCUT2D eigenvalue weighted by Gasteiger charge is -2.35. The fraction of sp³-hybridized carbons (Fsp3) is 0.500. The van der Waals surface area contributed by atoms with E-state index in [4.69, 9.17) is 5.11 Å². The maximum Gasteiger partial charge on any atom is 0.306 e. The predicted octanol–water partition coefficient (Wildman–Crippen LogP) is 2.46. The number of aliphatic hydroxyl groups is 1. The molecule has 0 amide bonds. The third-order valence-corrected chi connectivity index (χ3v) is 3.97. The normalized spacial score (nSPS) is 26.1. The number of nitrogens with zero attached hydrogens (tertiary/aromatic N) is 1. The molecule has 1 aromatic rings. The highest BCUT2D eigenvalue weighted by atomic mass is 16.6. The van der Waals surface area contributed by atoms with Gasteiger partial charge in [0.05, 0.1) is 16.9 Å². The minimum Gasteiger partial charge on any atom is -0.481 e. The van der Waals surface area contributed by atoms with Crippen LogP contribution in [0, 0.1) is 10.1 Å². The first-order valence-corrected chi connectivity index (χ1v) is 6.58. The van der Waals surface area contributed by atoms with Crippen molar-refractivity contribution in [2.75, 3.05) is 0 Å². The quantitative estimate of drug-likeness (QED) is 0.651. The zero-order chi connectivity index (χ0) is 14.8. The van der Waals surface area contributed by atoms with Crippen molar-refractivity contribution in [1.29, 1.82) is 0 Å². The largest absolute Gasteiger partial charge is 0.481 e. The van der Waals surface area contributed by atoms with Crippen molar-refractivity contribution in [2.45, 2.75) is 43.6 Å². The van der Waals surface area contributed by atoms with Crippen LogP contribution in [-0.4, -0.2) is 26.7 Å². The van der Waals surface area contributed by atoms with Crippen LogP contribution in [-0.2, 0) is 4.79 Å². The van der Waals surface area contributed by atoms with Gasteiger partial charge in [0.25, 0.3) is 5.69 Å². The first-order chi connectivity index (χ1) is 9.39. The van der Waals surface area contributed by atoms with Gasteiger partial charge < -0.3 is 10.2 Å². The lowest BCUT2D eigenvalue weighted by molar-refractivity contribution is -0.384. The second kappa shape index (κ2) is 5.58. The monoisotopic (exact) mass is 279 g/mol. The highest BCUT2D eigenvalue weighted by molar-refractivity contribution is 5.68. The molecule has 6 nitrogen and oxygen atoms in total. The average Bonchev–Trinajstić information content (AvgIpc) is 2.38. The summed E-state index contributed by atoms with van der Waals surface area (Å²) >= 11 is 0. The molecule has 108 valence electrons. The molecule has 1 aliphatic rings. The zero-order valence-corrected chi connectivity index (χ0v) is 11.0. The smallest absolute Gasteiger partial charge is 0.306 e. The summed E-state index contributed by atoms with van der Waals surface area (Å²) in [5, 5.41) is 29.5. The molecule has 0 heterocycles. The Morgan fingerprint density at radius 2 is 1.85 bits per heavy atom. The van der Waals surface area contributed by atoms with Crippen LogP contribution in [0.5, 0.6) is 0 Å². The molecular weight excluding hydrogens is 262 g/mol. The second-order valence-corrected chi connectivity index (χ2v) is 5.42. The first kappa shape index (κ1) is 14.5. The molecular formula is C14H17NO5. The second-order valence-electron chi connectivity index (χ2n) is 5.42. The fourth-order valence-corrected chi connectivity index (χ4v) is 2.81. The van der Waals surface area contributed by atoms with Crippen molar-refractivity contribution in [3.05, 3.63) is 39.9 Å². The SMILES string of the molecule is O=C(O)CC1(O)CCC(c2ccc([N+](=O)[O-])cc2)CC1. The van der Waals surface area contributed by atoms with Gasteiger partial charge in [0, 0.05) is 12.1 Å². The minimum atomic E-state index is -1.11. The van der Waals surface area contributed by atoms with E-state index in [0.717, 1.165) is 5.56 Å². The van der Waals surface area contributed by atoms with Crippen molar-refractivity contribution >= 4 is 11.7 Å². The molecule has 0 bridgehead atoms. The standard InChI is InChI=1S/C14H17NO5/c16-13(17)9-14(18)7-5-11(6-8-14)10-1-3-12(4-2-10)15(19)20/h1-4,11,18H,5-9H2,(H,16,17). The third kappa shape index (κ3) is 3.33. The zero-order valence-electron chi connectivity index (χ0n) is 11.0. The highest BCUT2D eigenvalue weighted by Gasteiger charge is 2.35. The Balaban J connectivity index is 2.00. The Morgan fingerprint density at radius 1 is 1.30 bits per heavy atom. The van der Waals surface area contributed by atoms with Crippen LogP contribution in [0.15, 0.2) is 24.3 Å². The molecule has 0 aliphatic heterocycles. The summed E-state index contributed by atoms with van der Waals surface area (Å²) in [5.41, 5.74) is -0.0387. The van der Waals surface area contributed by atoms with Crippen molar-refractivity contribution in [1.82, 2.24) is 0 Å². The van der Waals surface area contributed by atoms with Crippen LogP contribution in [0.1, 0.15) is 43.6 Å². The number of nitro groups is 1. The van der Waals surface area contributed by atoms with Crippen LogP contribution < -0.4 is 0 Å². The maximum absolute atomic E-state index is 10.7. The van der Waals surface area contributed by atoms with Crippen molar-refractivity contribution in [3.8, 4) is 0 Å². The summed E-state index contributed by atoms with van der Waals surface area (Å²) in [6.45, 7) is 0. The topological polar surface area (TPSA) is 101 Å². The van der Waals surface area contributed by atoms with Gasteiger partial charge >= 0.3 is 5.97 Å². The van der Waals surface area contributed by atoms with Gasteiger partial charge in [-0.2, -0.15) is 0 Å². The molecule has 1 fully saturated rings. The van der Waals surface area contributed by atoms with Gasteiger partial charge in [-0.3, -0.25) is 14.9 Å². The van der Waals surface area contributed by atoms with Crippen LogP contribution in [0.25, 0.3) is 0 Å². The van der Waals surface area contributed by atoms with Crippen LogP contribution in [0.3, 0.4) is 0 Å². The van der Waals surface area contributed by atoms with Crippen molar-refractivity contribution in [2.24, 2.45) is 0 Å². The number of hydrogen-bond acceptors (Lipinski definition) is 4. The molecule has 20 heavy (non-hydrogen) atoms. The van der Waals surface area contributed by atoms with Crippen LogP contribution in [0.4, 0.5) is 5.69 Å². The molecule has 0 atom stereocenters. The van der Waals surface area contributed by atoms with Gasteiger partial charge in [-0.1, -0.05) is 12.1 Å². The summed E-state index contributed by atoms with van der Waals surface area (Å²) in [6, 6.07) is 6.44. The van der Waals surface area contributed by atoms with E-state index < -0.39 is 16.5 Å². The number of carbonyl (C=O) groups is 1. The van der Waals surface area contributed by atoms with E-state index in [-0.39, 0.29) is 18.0 Å². The number of carboxylic acid groups (broad SMARTS) is 1. The predicted molar refractivity (Wildman–Crippen MR) is 71.5 cm³/mol. The van der Waals surface area contributed by atoms with Crippen molar-refractivity contribution < 1.29 is 19.9 Å². The summed E-state index contributed by atoms with van der Waals surface area (Å²) in [5.74, 6) is -0.758. The number of benzene rings is 1. The van der Waals surface area contributed by atoms with E-state index in [2.05, 4.69) is 0 Å². The number of rotatable bonds is 4. The molecule has 2 rings (SSSR count). The highest BCUT2D eigenvalue weighted by Crippen LogP contribution is 2.39. The number of nitro benzene ring substituents is 1. The number of carboxylic acids is 1. The summed E-state index contributed by atoms with van der Waals surface area (Å²) in [4.78, 5) is 20.9. The molecule has 0 unspecified atom stereocenters. The molecule has 0 radical (unpaired) electrons. The third-order valence-electron chi connectivity index (χ3n) is 3.97. The molecule has 1 saturated carbocycles. The summed E-state index contributed by atoms with van der Waals surface area (Å²) < 4.78 is 0. The Hall–Kier alpha value is -1.95. The Kier molecular flexibility index (Phi) is 4.04. The minimum absolute atomic E-state index is 0.0620. The summed E-state index contributed by atoms with van der Waals surface area (Å²) in [7, 11) is 0. The molecule has 1 aliphatic carbocycles. The van der Waals surface area contributed by atoms with Gasteiger partial charge in [0.2, 0.25) is 0 Å². The Morgan fingerprint density at radius 3 is 2.30 bits per heavy atom. The van der Waals surface area contributed by atoms with E-state index in [1.807, 2.05) is 0 Å². The average molecular weight is 279 g/mol. The van der Waals surface area contributed by atoms with Crippen LogP contribution >= 0.6 is 0 Å². The van der Waals surface area contributed by atoms with E-state index in [0.29, 0.717) is 25.7 Å². The molecule has 1 aromatic carbocycles. The van der Waals surface area contributed by atoms with E-state index in [1.54, 1.807) is 12.1 Å². The van der Waals surface area contributed by atoms with Gasteiger partial charge in [-0.25, -0.2) is 0 Å².